The van der Waals surface area contributed by atoms with Crippen LogP contribution in [0.15, 0.2) is 18.2 Å². The number of ether oxygens (including phenoxy) is 1. The van der Waals surface area contributed by atoms with Gasteiger partial charge in [-0.25, -0.2) is 0 Å². The Bertz CT molecular complexity index is 438. The highest BCUT2D eigenvalue weighted by Gasteiger charge is 2.13. The molecule has 0 N–H and O–H groups in total. The Labute approximate surface area is 132 Å². The predicted molar refractivity (Wildman–Crippen MR) is 89.5 cm³/mol. The van der Waals surface area contributed by atoms with Gasteiger partial charge in [0.2, 0.25) is 0 Å². The number of hydrogen-bond donors (Lipinski definition) is 1. The average molecular weight is 311 g/mol. The normalized spacial score (nSPS) is 10.6. The summed E-state index contributed by atoms with van der Waals surface area (Å²) in [6.07, 6.45) is 8.40. The van der Waals surface area contributed by atoms with Crippen molar-refractivity contribution in [3.05, 3.63) is 33.9 Å². The van der Waals surface area contributed by atoms with Crippen molar-refractivity contribution in [2.75, 3.05) is 12.4 Å². The fourth-order valence-electron chi connectivity index (χ4n) is 2.24. The molecule has 0 atom stereocenters. The second kappa shape index (κ2) is 10.5. The molecule has 0 unspecified atom stereocenters. The maximum absolute atomic E-state index is 10.8. The molecule has 0 aromatic heterocycles. The molecule has 0 amide bonds. The lowest BCUT2D eigenvalue weighted by atomic mass is 10.1. The summed E-state index contributed by atoms with van der Waals surface area (Å²) < 4.78 is 5.66. The number of nitro benzene ring substituents is 1. The highest BCUT2D eigenvalue weighted by atomic mass is 32.1. The van der Waals surface area contributed by atoms with E-state index in [1.165, 1.54) is 38.2 Å². The molecule has 0 spiro atoms. The Morgan fingerprint density at radius 1 is 1.10 bits per heavy atom. The molecule has 1 rings (SSSR count). The van der Waals surface area contributed by atoms with Crippen molar-refractivity contribution >= 4 is 18.3 Å². The van der Waals surface area contributed by atoms with Crippen LogP contribution >= 0.6 is 12.6 Å². The van der Waals surface area contributed by atoms with E-state index in [-0.39, 0.29) is 10.6 Å². The maximum atomic E-state index is 10.8. The first-order chi connectivity index (χ1) is 10.2. The van der Waals surface area contributed by atoms with E-state index in [0.717, 1.165) is 18.6 Å². The van der Waals surface area contributed by atoms with E-state index in [2.05, 4.69) is 12.6 Å². The van der Waals surface area contributed by atoms with Gasteiger partial charge in [-0.3, -0.25) is 10.1 Å². The molecule has 0 bridgehead atoms. The molecule has 5 heteroatoms. The summed E-state index contributed by atoms with van der Waals surface area (Å²) in [6.45, 7) is 2.35. The summed E-state index contributed by atoms with van der Waals surface area (Å²) >= 11 is 4.20. The molecule has 4 nitrogen and oxygen atoms in total. The average Bonchev–Trinajstić information content (AvgIpc) is 2.46. The van der Waals surface area contributed by atoms with Crippen molar-refractivity contribution < 1.29 is 9.66 Å². The third kappa shape index (κ3) is 6.85. The number of nitrogens with zero attached hydrogens (tertiary/aromatic N) is 1. The lowest BCUT2D eigenvalue weighted by Gasteiger charge is -2.09. The molecule has 0 aliphatic rings. The number of unbranched alkanes of at least 4 members (excludes halogenated alkanes) is 6. The Balaban J connectivity index is 2.19. The Morgan fingerprint density at radius 3 is 2.33 bits per heavy atom. The van der Waals surface area contributed by atoms with Crippen LogP contribution in [0.2, 0.25) is 0 Å². The maximum Gasteiger partial charge on any atom is 0.276 e. The van der Waals surface area contributed by atoms with E-state index in [1.807, 2.05) is 0 Å². The van der Waals surface area contributed by atoms with E-state index in [0.29, 0.717) is 17.9 Å². The minimum Gasteiger partial charge on any atom is -0.493 e. The molecule has 0 saturated carbocycles. The molecule has 0 fully saturated rings. The van der Waals surface area contributed by atoms with Gasteiger partial charge in [0, 0.05) is 6.07 Å². The Hall–Kier alpha value is -1.23. The predicted octanol–water partition coefficient (Wildman–Crippen LogP) is 4.94. The van der Waals surface area contributed by atoms with Gasteiger partial charge in [0.15, 0.2) is 0 Å². The van der Waals surface area contributed by atoms with Gasteiger partial charge in [-0.2, -0.15) is 12.6 Å². The van der Waals surface area contributed by atoms with Crippen LogP contribution in [0.25, 0.3) is 0 Å². The van der Waals surface area contributed by atoms with E-state index in [1.54, 1.807) is 19.1 Å². The van der Waals surface area contributed by atoms with Crippen LogP contribution < -0.4 is 4.74 Å². The van der Waals surface area contributed by atoms with Crippen LogP contribution in [0.3, 0.4) is 0 Å². The molecule has 21 heavy (non-hydrogen) atoms. The zero-order valence-electron chi connectivity index (χ0n) is 12.7. The SMILES string of the molecule is Cc1c(OCCCCCCCCCS)cccc1[N+](=O)[O-]. The van der Waals surface area contributed by atoms with Crippen LogP contribution in [0.5, 0.6) is 5.75 Å². The minimum absolute atomic E-state index is 0.122. The van der Waals surface area contributed by atoms with Gasteiger partial charge in [-0.05, 0) is 31.6 Å². The fraction of sp³-hybridized carbons (Fsp3) is 0.625. The minimum atomic E-state index is -0.368. The quantitative estimate of drug-likeness (QED) is 0.272. The molecule has 0 aliphatic carbocycles. The lowest BCUT2D eigenvalue weighted by molar-refractivity contribution is -0.385. The first-order valence-electron chi connectivity index (χ1n) is 7.64. The van der Waals surface area contributed by atoms with Gasteiger partial charge < -0.3 is 4.74 Å². The standard InChI is InChI=1S/C16H25NO3S/c1-14-15(17(18)19)10-9-11-16(14)20-12-7-5-3-2-4-6-8-13-21/h9-11,21H,2-8,12-13H2,1H3. The number of rotatable bonds is 11. The highest BCUT2D eigenvalue weighted by Crippen LogP contribution is 2.27. The molecule has 1 aromatic rings. The number of benzene rings is 1. The van der Waals surface area contributed by atoms with Gasteiger partial charge in [-0.1, -0.05) is 38.2 Å². The van der Waals surface area contributed by atoms with Crippen LogP contribution in [0.1, 0.15) is 50.5 Å². The largest absolute Gasteiger partial charge is 0.493 e. The van der Waals surface area contributed by atoms with E-state index in [9.17, 15) is 10.1 Å². The third-order valence-corrected chi connectivity index (χ3v) is 3.83. The van der Waals surface area contributed by atoms with Crippen LogP contribution in [-0.2, 0) is 0 Å². The summed E-state index contributed by atoms with van der Waals surface area (Å²) in [7, 11) is 0. The van der Waals surface area contributed by atoms with Crippen molar-refractivity contribution in [1.82, 2.24) is 0 Å². The Morgan fingerprint density at radius 2 is 1.71 bits per heavy atom. The number of thiol groups is 1. The van der Waals surface area contributed by atoms with E-state index in [4.69, 9.17) is 4.74 Å². The molecule has 118 valence electrons. The molecule has 0 radical (unpaired) electrons. The van der Waals surface area contributed by atoms with Crippen molar-refractivity contribution in [3.63, 3.8) is 0 Å². The van der Waals surface area contributed by atoms with Crippen molar-refractivity contribution in [1.29, 1.82) is 0 Å². The molecule has 0 heterocycles. The zero-order chi connectivity index (χ0) is 15.5. The molecular weight excluding hydrogens is 286 g/mol. The second-order valence-corrected chi connectivity index (χ2v) is 5.65. The van der Waals surface area contributed by atoms with Gasteiger partial charge in [-0.15, -0.1) is 0 Å². The lowest BCUT2D eigenvalue weighted by Crippen LogP contribution is -2.01. The zero-order valence-corrected chi connectivity index (χ0v) is 13.6. The highest BCUT2D eigenvalue weighted by molar-refractivity contribution is 7.80. The first-order valence-corrected chi connectivity index (χ1v) is 8.27. The molecule has 0 saturated heterocycles. The smallest absolute Gasteiger partial charge is 0.276 e. The summed E-state index contributed by atoms with van der Waals surface area (Å²) in [5.41, 5.74) is 0.728. The molecular formula is C16H25NO3S. The summed E-state index contributed by atoms with van der Waals surface area (Å²) in [4.78, 5) is 10.5. The second-order valence-electron chi connectivity index (χ2n) is 5.20. The first kappa shape index (κ1) is 17.8. The number of nitro groups is 1. The van der Waals surface area contributed by atoms with Gasteiger partial charge in [0.1, 0.15) is 5.75 Å². The monoisotopic (exact) mass is 311 g/mol. The van der Waals surface area contributed by atoms with Crippen LogP contribution in [0.4, 0.5) is 5.69 Å². The van der Waals surface area contributed by atoms with E-state index >= 15 is 0 Å². The van der Waals surface area contributed by atoms with Crippen molar-refractivity contribution in [3.8, 4) is 5.75 Å². The van der Waals surface area contributed by atoms with Crippen LogP contribution in [0, 0.1) is 17.0 Å². The van der Waals surface area contributed by atoms with Crippen LogP contribution in [-0.4, -0.2) is 17.3 Å². The number of hydrogen-bond acceptors (Lipinski definition) is 4. The summed E-state index contributed by atoms with van der Waals surface area (Å²) in [5.74, 6) is 1.61. The molecule has 0 aliphatic heterocycles. The molecule has 1 aromatic carbocycles. The van der Waals surface area contributed by atoms with Gasteiger partial charge >= 0.3 is 0 Å². The summed E-state index contributed by atoms with van der Waals surface area (Å²) in [6, 6.07) is 4.97. The summed E-state index contributed by atoms with van der Waals surface area (Å²) in [5, 5.41) is 10.8. The van der Waals surface area contributed by atoms with E-state index < -0.39 is 0 Å². The Kier molecular flexibility index (Phi) is 8.90. The van der Waals surface area contributed by atoms with Gasteiger partial charge in [0.05, 0.1) is 17.1 Å². The topological polar surface area (TPSA) is 52.4 Å². The van der Waals surface area contributed by atoms with Crippen molar-refractivity contribution in [2.45, 2.75) is 51.9 Å². The fourth-order valence-corrected chi connectivity index (χ4v) is 2.46. The third-order valence-electron chi connectivity index (χ3n) is 3.51. The van der Waals surface area contributed by atoms with Crippen molar-refractivity contribution in [2.24, 2.45) is 0 Å². The van der Waals surface area contributed by atoms with Gasteiger partial charge in [0.25, 0.3) is 5.69 Å².